The summed E-state index contributed by atoms with van der Waals surface area (Å²) in [5.41, 5.74) is 13.8. The maximum absolute atomic E-state index is 13.1. The highest BCUT2D eigenvalue weighted by atomic mass is 32.2. The lowest BCUT2D eigenvalue weighted by Gasteiger charge is -2.19. The molecule has 10 heteroatoms. The van der Waals surface area contributed by atoms with Crippen LogP contribution < -0.4 is 20.9 Å². The van der Waals surface area contributed by atoms with Crippen molar-refractivity contribution in [3.8, 4) is 5.75 Å². The maximum atomic E-state index is 13.1. The van der Waals surface area contributed by atoms with E-state index in [1.165, 1.54) is 0 Å². The van der Waals surface area contributed by atoms with Crippen LogP contribution in [-0.2, 0) is 21.2 Å². The van der Waals surface area contributed by atoms with Crippen molar-refractivity contribution in [3.05, 3.63) is 22.3 Å². The highest BCUT2D eigenvalue weighted by molar-refractivity contribution is 7.90. The summed E-state index contributed by atoms with van der Waals surface area (Å²) in [6, 6.07) is -0.909. The molecule has 1 aliphatic rings. The van der Waals surface area contributed by atoms with Gasteiger partial charge in [-0.1, -0.05) is 0 Å². The third-order valence-electron chi connectivity index (χ3n) is 5.32. The van der Waals surface area contributed by atoms with Gasteiger partial charge >= 0.3 is 5.97 Å². The number of guanidine groups is 1. The van der Waals surface area contributed by atoms with Crippen LogP contribution >= 0.6 is 0 Å². The Morgan fingerprint density at radius 1 is 1.23 bits per heavy atom. The van der Waals surface area contributed by atoms with Gasteiger partial charge in [0.2, 0.25) is 5.96 Å². The molecule has 1 aromatic carbocycles. The lowest BCUT2D eigenvalue weighted by Crippen LogP contribution is -2.37. The second-order valence-electron chi connectivity index (χ2n) is 8.36. The molecular formula is C20H32N4O5S. The van der Waals surface area contributed by atoms with Crippen molar-refractivity contribution >= 4 is 22.0 Å². The van der Waals surface area contributed by atoms with E-state index >= 15 is 0 Å². The van der Waals surface area contributed by atoms with Gasteiger partial charge < -0.3 is 21.3 Å². The molecule has 0 saturated heterocycles. The molecule has 0 bridgehead atoms. The molecule has 1 heterocycles. The number of nitrogens with two attached hydrogens (primary N) is 2. The van der Waals surface area contributed by atoms with Gasteiger partial charge in [0.1, 0.15) is 17.4 Å². The highest BCUT2D eigenvalue weighted by Gasteiger charge is 2.36. The number of sulfonamides is 1. The number of fused-ring (bicyclic) bond motifs is 1. The van der Waals surface area contributed by atoms with Gasteiger partial charge in [-0.2, -0.15) is 0 Å². The lowest BCUT2D eigenvalue weighted by atomic mass is 9.94. The Bertz CT molecular complexity index is 970. The van der Waals surface area contributed by atoms with Crippen molar-refractivity contribution in [3.63, 3.8) is 0 Å². The Kier molecular flexibility index (Phi) is 7.03. The fourth-order valence-corrected chi connectivity index (χ4v) is 5.19. The van der Waals surface area contributed by atoms with Crippen LogP contribution in [0.5, 0.6) is 5.75 Å². The van der Waals surface area contributed by atoms with Gasteiger partial charge in [-0.15, -0.1) is 0 Å². The number of hydrogen-bond donors (Lipinski definition) is 4. The first kappa shape index (κ1) is 23.9. The number of nitrogens with zero attached hydrogens (tertiary/aromatic N) is 1. The monoisotopic (exact) mass is 440 g/mol. The van der Waals surface area contributed by atoms with Crippen molar-refractivity contribution in [1.29, 1.82) is 0 Å². The average Bonchev–Trinajstić information content (AvgIpc) is 2.94. The van der Waals surface area contributed by atoms with Gasteiger partial charge in [0.05, 0.1) is 4.90 Å². The molecular weight excluding hydrogens is 408 g/mol. The average molecular weight is 441 g/mol. The minimum atomic E-state index is -3.93. The molecule has 0 aromatic heterocycles. The zero-order valence-corrected chi connectivity index (χ0v) is 19.0. The number of carboxylic acids is 1. The van der Waals surface area contributed by atoms with Crippen LogP contribution in [0, 0.1) is 20.8 Å². The number of carboxylic acid groups (broad SMARTS) is 1. The number of hydrogen-bond acceptors (Lipinski definition) is 6. The van der Waals surface area contributed by atoms with E-state index in [0.29, 0.717) is 36.8 Å². The number of ether oxygens (including phenoxy) is 1. The second kappa shape index (κ2) is 8.81. The fourth-order valence-electron chi connectivity index (χ4n) is 3.67. The van der Waals surface area contributed by atoms with Crippen LogP contribution in [0.15, 0.2) is 9.89 Å². The molecule has 9 nitrogen and oxygen atoms in total. The molecule has 0 radical (unpaired) electrons. The summed E-state index contributed by atoms with van der Waals surface area (Å²) in [5.74, 6) is -0.490. The van der Waals surface area contributed by atoms with Gasteiger partial charge in [0.15, 0.2) is 0 Å². The SMILES string of the molecule is Cc1c(C)c(S(=O)(=O)NC(N)=NCCCCC(N)C(=O)O)c(C)c2c1OC(C)(C)C2. The van der Waals surface area contributed by atoms with Crippen LogP contribution in [0.25, 0.3) is 0 Å². The van der Waals surface area contributed by atoms with Gasteiger partial charge in [-0.05, 0) is 70.6 Å². The molecule has 0 aliphatic carbocycles. The Morgan fingerprint density at radius 2 is 1.87 bits per heavy atom. The van der Waals surface area contributed by atoms with Crippen molar-refractivity contribution in [2.45, 2.75) is 76.8 Å². The summed E-state index contributed by atoms with van der Waals surface area (Å²) in [6.07, 6.45) is 2.04. The molecule has 6 N–H and O–H groups in total. The van der Waals surface area contributed by atoms with Gasteiger partial charge in [-0.25, -0.2) is 13.1 Å². The van der Waals surface area contributed by atoms with E-state index in [4.69, 9.17) is 21.3 Å². The zero-order valence-electron chi connectivity index (χ0n) is 18.2. The van der Waals surface area contributed by atoms with E-state index in [1.54, 1.807) is 13.8 Å². The van der Waals surface area contributed by atoms with Crippen molar-refractivity contribution in [2.75, 3.05) is 6.54 Å². The Labute approximate surface area is 177 Å². The summed E-state index contributed by atoms with van der Waals surface area (Å²) in [7, 11) is -3.93. The lowest BCUT2D eigenvalue weighted by molar-refractivity contribution is -0.138. The van der Waals surface area contributed by atoms with E-state index in [0.717, 1.165) is 16.9 Å². The fraction of sp³-hybridized carbons (Fsp3) is 0.600. The number of rotatable bonds is 8. The van der Waals surface area contributed by atoms with E-state index in [-0.39, 0.29) is 23.0 Å². The third kappa shape index (κ3) is 5.23. The third-order valence-corrected chi connectivity index (χ3v) is 6.95. The van der Waals surface area contributed by atoms with Crippen molar-refractivity contribution < 1.29 is 23.1 Å². The molecule has 0 saturated carbocycles. The molecule has 1 unspecified atom stereocenters. The van der Waals surface area contributed by atoms with Gasteiger partial charge in [0.25, 0.3) is 10.0 Å². The number of aliphatic carboxylic acids is 1. The Hall–Kier alpha value is -2.33. The standard InChI is InChI=1S/C20H32N4O5S/c1-11-12(2)17(13(3)14-10-20(4,5)29-16(11)14)30(27,28)24-19(22)23-9-7-6-8-15(21)18(25)26/h15H,6-10,21H2,1-5H3,(H,25,26)(H3,22,23,24). The summed E-state index contributed by atoms with van der Waals surface area (Å²) < 4.78 is 34.5. The smallest absolute Gasteiger partial charge is 0.320 e. The number of unbranched alkanes of at least 4 members (excludes halogenated alkanes) is 1. The van der Waals surface area contributed by atoms with Crippen molar-refractivity contribution in [2.24, 2.45) is 16.5 Å². The quantitative estimate of drug-likeness (QED) is 0.271. The number of nitrogens with one attached hydrogen (secondary N) is 1. The van der Waals surface area contributed by atoms with Crippen LogP contribution in [0.2, 0.25) is 0 Å². The van der Waals surface area contributed by atoms with E-state index in [9.17, 15) is 13.2 Å². The van der Waals surface area contributed by atoms with Crippen LogP contribution in [-0.4, -0.2) is 43.6 Å². The first-order valence-electron chi connectivity index (χ1n) is 9.89. The van der Waals surface area contributed by atoms with E-state index < -0.39 is 22.0 Å². The summed E-state index contributed by atoms with van der Waals surface area (Å²) in [4.78, 5) is 14.9. The molecule has 168 valence electrons. The second-order valence-corrected chi connectivity index (χ2v) is 9.98. The normalized spacial score (nSPS) is 16.7. The van der Waals surface area contributed by atoms with Gasteiger partial charge in [0, 0.05) is 18.5 Å². The largest absolute Gasteiger partial charge is 0.487 e. The maximum Gasteiger partial charge on any atom is 0.320 e. The number of aliphatic imine (C=N–C) groups is 1. The van der Waals surface area contributed by atoms with Crippen molar-refractivity contribution in [1.82, 2.24) is 4.72 Å². The Balaban J connectivity index is 2.15. The molecule has 1 aromatic rings. The van der Waals surface area contributed by atoms with Crippen LogP contribution in [0.3, 0.4) is 0 Å². The number of benzene rings is 1. The molecule has 0 spiro atoms. The van der Waals surface area contributed by atoms with Crippen LogP contribution in [0.1, 0.15) is 55.4 Å². The molecule has 1 atom stereocenters. The highest BCUT2D eigenvalue weighted by Crippen LogP contribution is 2.43. The minimum absolute atomic E-state index is 0.200. The molecule has 30 heavy (non-hydrogen) atoms. The van der Waals surface area contributed by atoms with E-state index in [2.05, 4.69) is 9.71 Å². The summed E-state index contributed by atoms with van der Waals surface area (Å²) in [6.45, 7) is 9.61. The minimum Gasteiger partial charge on any atom is -0.487 e. The molecule has 2 rings (SSSR count). The first-order chi connectivity index (χ1) is 13.8. The molecule has 0 amide bonds. The molecule has 0 fully saturated rings. The summed E-state index contributed by atoms with van der Waals surface area (Å²) >= 11 is 0. The predicted molar refractivity (Wildman–Crippen MR) is 115 cm³/mol. The van der Waals surface area contributed by atoms with Crippen LogP contribution in [0.4, 0.5) is 0 Å². The Morgan fingerprint density at radius 3 is 2.47 bits per heavy atom. The predicted octanol–water partition coefficient (Wildman–Crippen LogP) is 1.50. The van der Waals surface area contributed by atoms with E-state index in [1.807, 2.05) is 20.8 Å². The zero-order chi connectivity index (χ0) is 22.9. The first-order valence-corrected chi connectivity index (χ1v) is 11.4. The number of carbonyl (C=O) groups is 1. The summed E-state index contributed by atoms with van der Waals surface area (Å²) in [5, 5.41) is 8.76. The van der Waals surface area contributed by atoms with Gasteiger partial charge in [-0.3, -0.25) is 9.79 Å². The topological polar surface area (TPSA) is 157 Å². The molecule has 1 aliphatic heterocycles.